The molecule has 1 N–H and O–H groups in total. The van der Waals surface area contributed by atoms with E-state index in [0.29, 0.717) is 14.9 Å². The molecule has 0 radical (unpaired) electrons. The lowest BCUT2D eigenvalue weighted by Crippen LogP contribution is -2.38. The first kappa shape index (κ1) is 22.2. The molecule has 2 heterocycles. The Hall–Kier alpha value is -4.23. The van der Waals surface area contributed by atoms with Gasteiger partial charge in [0.2, 0.25) is 0 Å². The second-order valence-electron chi connectivity index (χ2n) is 8.82. The third-order valence-electron chi connectivity index (χ3n) is 6.69. The molecule has 1 aliphatic heterocycles. The van der Waals surface area contributed by atoms with Crippen molar-refractivity contribution in [1.82, 2.24) is 4.57 Å². The maximum Gasteiger partial charge on any atom is 0.337 e. The van der Waals surface area contributed by atoms with E-state index in [-0.39, 0.29) is 17.4 Å². The van der Waals surface area contributed by atoms with Gasteiger partial charge in [-0.05, 0) is 65.4 Å². The Kier molecular flexibility index (Phi) is 5.42. The summed E-state index contributed by atoms with van der Waals surface area (Å²) in [6.45, 7) is 0. The molecule has 0 unspecified atom stereocenters. The summed E-state index contributed by atoms with van der Waals surface area (Å²) in [5, 5.41) is 9.87. The molecular weight excluding hydrogens is 472 g/mol. The SMILES string of the molecule is COC(=O)c1ccc([C@H]2C3=C(N=c4s/c(=C/c5cccc(O)c5)c(=O)n42)c2ccccc2CC3)cc1. The summed E-state index contributed by atoms with van der Waals surface area (Å²) in [6.07, 6.45) is 3.45. The zero-order valence-corrected chi connectivity index (χ0v) is 20.3. The highest BCUT2D eigenvalue weighted by Gasteiger charge is 2.32. The number of thiazole rings is 1. The van der Waals surface area contributed by atoms with Crippen molar-refractivity contribution in [3.63, 3.8) is 0 Å². The molecule has 7 heteroatoms. The number of phenols is 1. The fraction of sp³-hybridized carbons (Fsp3) is 0.138. The number of rotatable bonds is 3. The van der Waals surface area contributed by atoms with Crippen LogP contribution in [0.25, 0.3) is 11.8 Å². The average molecular weight is 495 g/mol. The van der Waals surface area contributed by atoms with Crippen molar-refractivity contribution < 1.29 is 14.6 Å². The molecule has 0 bridgehead atoms. The minimum atomic E-state index is -0.400. The van der Waals surface area contributed by atoms with Crippen molar-refractivity contribution >= 4 is 29.1 Å². The summed E-state index contributed by atoms with van der Waals surface area (Å²) in [4.78, 5) is 31.4. The van der Waals surface area contributed by atoms with Crippen LogP contribution in [0.5, 0.6) is 5.75 Å². The van der Waals surface area contributed by atoms with Gasteiger partial charge >= 0.3 is 5.97 Å². The number of phenolic OH excluding ortho intramolecular Hbond substituents is 1. The van der Waals surface area contributed by atoms with E-state index in [9.17, 15) is 14.7 Å². The van der Waals surface area contributed by atoms with E-state index in [1.807, 2.05) is 30.3 Å². The molecule has 0 spiro atoms. The predicted molar refractivity (Wildman–Crippen MR) is 139 cm³/mol. The number of ether oxygens (including phenoxy) is 1. The van der Waals surface area contributed by atoms with Crippen LogP contribution in [0.1, 0.15) is 45.1 Å². The van der Waals surface area contributed by atoms with Gasteiger partial charge in [-0.15, -0.1) is 0 Å². The van der Waals surface area contributed by atoms with Crippen LogP contribution in [0, 0.1) is 0 Å². The van der Waals surface area contributed by atoms with Gasteiger partial charge in [-0.3, -0.25) is 9.36 Å². The first-order valence-corrected chi connectivity index (χ1v) is 12.5. The number of aromatic nitrogens is 1. The summed E-state index contributed by atoms with van der Waals surface area (Å²) in [6, 6.07) is 22.0. The Morgan fingerprint density at radius 2 is 1.89 bits per heavy atom. The lowest BCUT2D eigenvalue weighted by Gasteiger charge is -2.30. The summed E-state index contributed by atoms with van der Waals surface area (Å²) in [7, 11) is 1.36. The number of carbonyl (C=O) groups excluding carboxylic acids is 1. The molecule has 178 valence electrons. The number of benzene rings is 3. The third kappa shape index (κ3) is 3.69. The quantitative estimate of drug-likeness (QED) is 0.439. The average Bonchev–Trinajstić information content (AvgIpc) is 3.21. The monoisotopic (exact) mass is 494 g/mol. The molecule has 1 aliphatic carbocycles. The standard InChI is InChI=1S/C29H22N2O4S/c1-35-28(34)20-11-9-19(10-12-20)26-23-14-13-18-6-2-3-8-22(18)25(23)30-29-31(26)27(33)24(36-29)16-17-5-4-7-21(32)15-17/h2-12,15-16,26,32H,13-14H2,1H3/b24-16+/t26-/m0/s1. The van der Waals surface area contributed by atoms with Crippen LogP contribution in [-0.2, 0) is 11.2 Å². The fourth-order valence-electron chi connectivity index (χ4n) is 5.01. The van der Waals surface area contributed by atoms with Gasteiger partial charge in [0, 0.05) is 5.56 Å². The van der Waals surface area contributed by atoms with Crippen LogP contribution in [-0.4, -0.2) is 22.8 Å². The van der Waals surface area contributed by atoms with Crippen molar-refractivity contribution in [3.8, 4) is 5.75 Å². The first-order chi connectivity index (χ1) is 17.5. The Morgan fingerprint density at radius 3 is 2.67 bits per heavy atom. The maximum atomic E-state index is 13.8. The number of aryl methyl sites for hydroxylation is 1. The molecule has 6 nitrogen and oxygen atoms in total. The highest BCUT2D eigenvalue weighted by molar-refractivity contribution is 7.07. The number of carbonyl (C=O) groups is 1. The highest BCUT2D eigenvalue weighted by atomic mass is 32.1. The minimum Gasteiger partial charge on any atom is -0.508 e. The van der Waals surface area contributed by atoms with Crippen molar-refractivity contribution in [2.45, 2.75) is 18.9 Å². The number of methoxy groups -OCH3 is 1. The van der Waals surface area contributed by atoms with Crippen LogP contribution in [0.3, 0.4) is 0 Å². The van der Waals surface area contributed by atoms with Crippen LogP contribution in [0.2, 0.25) is 0 Å². The number of allylic oxidation sites excluding steroid dienone is 1. The Bertz CT molecular complexity index is 1730. The van der Waals surface area contributed by atoms with Gasteiger partial charge in [0.15, 0.2) is 4.80 Å². The Labute approximate surface area is 210 Å². The van der Waals surface area contributed by atoms with E-state index < -0.39 is 5.97 Å². The second-order valence-corrected chi connectivity index (χ2v) is 9.83. The molecule has 1 atom stereocenters. The third-order valence-corrected chi connectivity index (χ3v) is 7.67. The van der Waals surface area contributed by atoms with Crippen LogP contribution in [0.15, 0.2) is 88.2 Å². The molecule has 4 aromatic rings. The topological polar surface area (TPSA) is 80.9 Å². The lowest BCUT2D eigenvalue weighted by atomic mass is 9.83. The molecule has 3 aromatic carbocycles. The molecular formula is C29H22N2O4S. The van der Waals surface area contributed by atoms with Gasteiger partial charge in [-0.1, -0.05) is 59.9 Å². The van der Waals surface area contributed by atoms with Crippen molar-refractivity contribution in [3.05, 3.63) is 126 Å². The van der Waals surface area contributed by atoms with Gasteiger partial charge in [-0.25, -0.2) is 9.79 Å². The molecule has 1 aromatic heterocycles. The number of aromatic hydroxyl groups is 1. The van der Waals surface area contributed by atoms with Crippen molar-refractivity contribution in [2.24, 2.45) is 4.99 Å². The maximum absolute atomic E-state index is 13.8. The van der Waals surface area contributed by atoms with Gasteiger partial charge in [-0.2, -0.15) is 0 Å². The van der Waals surface area contributed by atoms with Crippen LogP contribution in [0.4, 0.5) is 0 Å². The number of nitrogens with zero attached hydrogens (tertiary/aromatic N) is 2. The number of fused-ring (bicyclic) bond motifs is 3. The van der Waals surface area contributed by atoms with Gasteiger partial charge in [0.25, 0.3) is 5.56 Å². The number of hydrogen-bond donors (Lipinski definition) is 1. The van der Waals surface area contributed by atoms with E-state index in [2.05, 4.69) is 12.1 Å². The van der Waals surface area contributed by atoms with E-state index in [0.717, 1.165) is 40.8 Å². The molecule has 0 fully saturated rings. The summed E-state index contributed by atoms with van der Waals surface area (Å²) in [5.41, 5.74) is 6.34. The Balaban J connectivity index is 1.59. The fourth-order valence-corrected chi connectivity index (χ4v) is 6.01. The molecule has 2 aliphatic rings. The smallest absolute Gasteiger partial charge is 0.337 e. The molecule has 36 heavy (non-hydrogen) atoms. The van der Waals surface area contributed by atoms with Crippen LogP contribution < -0.4 is 14.9 Å². The predicted octanol–water partition coefficient (Wildman–Crippen LogP) is 3.81. The van der Waals surface area contributed by atoms with Crippen molar-refractivity contribution in [2.75, 3.05) is 7.11 Å². The van der Waals surface area contributed by atoms with Gasteiger partial charge < -0.3 is 9.84 Å². The summed E-state index contributed by atoms with van der Waals surface area (Å²) in [5.74, 6) is -0.254. The largest absolute Gasteiger partial charge is 0.508 e. The van der Waals surface area contributed by atoms with Gasteiger partial charge in [0.1, 0.15) is 5.75 Å². The number of esters is 1. The van der Waals surface area contributed by atoms with Crippen LogP contribution >= 0.6 is 11.3 Å². The summed E-state index contributed by atoms with van der Waals surface area (Å²) < 4.78 is 7.16. The van der Waals surface area contributed by atoms with Crippen molar-refractivity contribution in [1.29, 1.82) is 0 Å². The molecule has 0 saturated carbocycles. The van der Waals surface area contributed by atoms with E-state index in [1.165, 1.54) is 24.0 Å². The first-order valence-electron chi connectivity index (χ1n) is 11.6. The minimum absolute atomic E-state index is 0.130. The van der Waals surface area contributed by atoms with E-state index in [4.69, 9.17) is 9.73 Å². The Morgan fingerprint density at radius 1 is 1.08 bits per heavy atom. The van der Waals surface area contributed by atoms with E-state index in [1.54, 1.807) is 41.0 Å². The zero-order chi connectivity index (χ0) is 24.8. The normalized spacial score (nSPS) is 16.6. The molecule has 6 rings (SSSR count). The van der Waals surface area contributed by atoms with E-state index >= 15 is 0 Å². The molecule has 0 amide bonds. The number of hydrogen-bond acceptors (Lipinski definition) is 6. The lowest BCUT2D eigenvalue weighted by molar-refractivity contribution is 0.0600. The second kappa shape index (κ2) is 8.77. The van der Waals surface area contributed by atoms with Gasteiger partial charge in [0.05, 0.1) is 28.9 Å². The molecule has 0 saturated heterocycles. The zero-order valence-electron chi connectivity index (χ0n) is 19.5. The highest BCUT2D eigenvalue weighted by Crippen LogP contribution is 2.41. The summed E-state index contributed by atoms with van der Waals surface area (Å²) >= 11 is 1.34.